The first-order valence-electron chi connectivity index (χ1n) is 11.1. The molecular formula is C23H35N3O. The molecule has 27 heavy (non-hydrogen) atoms. The third kappa shape index (κ3) is 4.91. The summed E-state index contributed by atoms with van der Waals surface area (Å²) in [7, 11) is 0. The molecule has 1 aromatic carbocycles. The van der Waals surface area contributed by atoms with Gasteiger partial charge in [0.25, 0.3) is 0 Å². The summed E-state index contributed by atoms with van der Waals surface area (Å²) in [6.45, 7) is 6.79. The van der Waals surface area contributed by atoms with Crippen molar-refractivity contribution < 1.29 is 4.79 Å². The van der Waals surface area contributed by atoms with E-state index < -0.39 is 0 Å². The molecule has 1 aromatic rings. The number of carbonyl (C=O) groups excluding carboxylic acids is 1. The maximum atomic E-state index is 12.9. The van der Waals surface area contributed by atoms with E-state index in [1.807, 2.05) is 0 Å². The Morgan fingerprint density at radius 3 is 2.48 bits per heavy atom. The van der Waals surface area contributed by atoms with Crippen molar-refractivity contribution in [3.05, 3.63) is 35.9 Å². The number of benzene rings is 1. The lowest BCUT2D eigenvalue weighted by Crippen LogP contribution is -2.43. The molecule has 0 N–H and O–H groups in total. The first kappa shape index (κ1) is 18.9. The SMILES string of the molecule is O=C(CN1CC[C@H](c2ccccc2)C1)N1CCCN(C2CCCCC2)CC1. The molecule has 0 aromatic heterocycles. The van der Waals surface area contributed by atoms with Crippen molar-refractivity contribution in [2.45, 2.75) is 56.9 Å². The van der Waals surface area contributed by atoms with E-state index in [1.54, 1.807) is 0 Å². The molecule has 2 heterocycles. The Hall–Kier alpha value is -1.39. The van der Waals surface area contributed by atoms with Crippen LogP contribution in [-0.4, -0.2) is 72.5 Å². The van der Waals surface area contributed by atoms with E-state index in [2.05, 4.69) is 45.0 Å². The molecular weight excluding hydrogens is 334 g/mol. The Morgan fingerprint density at radius 2 is 1.67 bits per heavy atom. The summed E-state index contributed by atoms with van der Waals surface area (Å²) in [6.07, 6.45) is 9.23. The summed E-state index contributed by atoms with van der Waals surface area (Å²) < 4.78 is 0. The first-order valence-corrected chi connectivity index (χ1v) is 11.1. The van der Waals surface area contributed by atoms with Crippen LogP contribution in [-0.2, 0) is 4.79 Å². The summed E-state index contributed by atoms with van der Waals surface area (Å²) in [5.74, 6) is 0.930. The number of carbonyl (C=O) groups is 1. The van der Waals surface area contributed by atoms with Gasteiger partial charge in [0.2, 0.25) is 5.91 Å². The van der Waals surface area contributed by atoms with Crippen LogP contribution >= 0.6 is 0 Å². The molecule has 2 aliphatic heterocycles. The molecule has 1 aliphatic carbocycles. The highest BCUT2D eigenvalue weighted by Gasteiger charge is 2.28. The fourth-order valence-corrected chi connectivity index (χ4v) is 5.26. The van der Waals surface area contributed by atoms with Crippen LogP contribution in [0.5, 0.6) is 0 Å². The standard InChI is InChI=1S/C23H35N3O/c27-23(19-24-15-12-21(18-24)20-8-3-1-4-9-20)26-14-7-13-25(16-17-26)22-10-5-2-6-11-22/h1,3-4,8-9,21-22H,2,5-7,10-19H2/t21-/m0/s1. The Bertz CT molecular complexity index is 599. The van der Waals surface area contributed by atoms with Crippen molar-refractivity contribution in [1.29, 1.82) is 0 Å². The molecule has 0 radical (unpaired) electrons. The average Bonchev–Trinajstić information content (AvgIpc) is 3.04. The summed E-state index contributed by atoms with van der Waals surface area (Å²) in [4.78, 5) is 20.1. The summed E-state index contributed by atoms with van der Waals surface area (Å²) in [5, 5.41) is 0. The highest BCUT2D eigenvalue weighted by atomic mass is 16.2. The van der Waals surface area contributed by atoms with Crippen molar-refractivity contribution in [2.24, 2.45) is 0 Å². The molecule has 0 spiro atoms. The van der Waals surface area contributed by atoms with Crippen molar-refractivity contribution in [1.82, 2.24) is 14.7 Å². The average molecular weight is 370 g/mol. The van der Waals surface area contributed by atoms with Crippen molar-refractivity contribution >= 4 is 5.91 Å². The van der Waals surface area contributed by atoms with E-state index in [0.717, 1.165) is 45.2 Å². The Labute approximate surface area is 164 Å². The van der Waals surface area contributed by atoms with Gasteiger partial charge in [-0.3, -0.25) is 14.6 Å². The fraction of sp³-hybridized carbons (Fsp3) is 0.696. The second-order valence-corrected chi connectivity index (χ2v) is 8.69. The number of rotatable bonds is 4. The third-order valence-corrected chi connectivity index (χ3v) is 6.88. The first-order chi connectivity index (χ1) is 13.3. The van der Waals surface area contributed by atoms with Gasteiger partial charge in [-0.15, -0.1) is 0 Å². The van der Waals surface area contributed by atoms with Crippen molar-refractivity contribution in [3.8, 4) is 0 Å². The smallest absolute Gasteiger partial charge is 0.236 e. The van der Waals surface area contributed by atoms with Crippen LogP contribution in [0.15, 0.2) is 30.3 Å². The lowest BCUT2D eigenvalue weighted by molar-refractivity contribution is -0.132. The minimum atomic E-state index is 0.342. The minimum Gasteiger partial charge on any atom is -0.340 e. The second-order valence-electron chi connectivity index (χ2n) is 8.69. The normalized spacial score (nSPS) is 26.2. The second kappa shape index (κ2) is 9.20. The van der Waals surface area contributed by atoms with Crippen LogP contribution in [0.2, 0.25) is 0 Å². The zero-order chi connectivity index (χ0) is 18.5. The number of likely N-dealkylation sites (tertiary alicyclic amines) is 1. The number of amides is 1. The van der Waals surface area contributed by atoms with E-state index >= 15 is 0 Å². The van der Waals surface area contributed by atoms with Gasteiger partial charge < -0.3 is 4.90 Å². The Balaban J connectivity index is 1.25. The predicted octanol–water partition coefficient (Wildman–Crippen LogP) is 3.34. The quantitative estimate of drug-likeness (QED) is 0.814. The number of nitrogens with zero attached hydrogens (tertiary/aromatic N) is 3. The van der Waals surface area contributed by atoms with Crippen molar-refractivity contribution in [2.75, 3.05) is 45.8 Å². The lowest BCUT2D eigenvalue weighted by atomic mass is 9.94. The van der Waals surface area contributed by atoms with Crippen LogP contribution in [0.4, 0.5) is 0 Å². The van der Waals surface area contributed by atoms with Crippen LogP contribution in [0.3, 0.4) is 0 Å². The molecule has 0 unspecified atom stereocenters. The van der Waals surface area contributed by atoms with Crippen LogP contribution < -0.4 is 0 Å². The Morgan fingerprint density at radius 1 is 0.852 bits per heavy atom. The number of hydrogen-bond donors (Lipinski definition) is 0. The highest BCUT2D eigenvalue weighted by molar-refractivity contribution is 5.78. The molecule has 0 bridgehead atoms. The van der Waals surface area contributed by atoms with Gasteiger partial charge >= 0.3 is 0 Å². The van der Waals surface area contributed by atoms with E-state index in [0.29, 0.717) is 18.4 Å². The summed E-state index contributed by atoms with van der Waals surface area (Å²) in [5.41, 5.74) is 1.42. The largest absolute Gasteiger partial charge is 0.340 e. The predicted molar refractivity (Wildman–Crippen MR) is 110 cm³/mol. The summed E-state index contributed by atoms with van der Waals surface area (Å²) in [6, 6.07) is 11.6. The van der Waals surface area contributed by atoms with Crippen LogP contribution in [0.25, 0.3) is 0 Å². The molecule has 3 fully saturated rings. The highest BCUT2D eigenvalue weighted by Crippen LogP contribution is 2.27. The monoisotopic (exact) mass is 369 g/mol. The maximum absolute atomic E-state index is 12.9. The van der Waals surface area contributed by atoms with E-state index in [-0.39, 0.29) is 0 Å². The molecule has 4 nitrogen and oxygen atoms in total. The minimum absolute atomic E-state index is 0.342. The molecule has 1 atom stereocenters. The van der Waals surface area contributed by atoms with E-state index in [1.165, 1.54) is 50.6 Å². The van der Waals surface area contributed by atoms with E-state index in [4.69, 9.17) is 0 Å². The van der Waals surface area contributed by atoms with Gasteiger partial charge in [-0.25, -0.2) is 0 Å². The fourth-order valence-electron chi connectivity index (χ4n) is 5.26. The zero-order valence-corrected chi connectivity index (χ0v) is 16.7. The molecule has 4 heteroatoms. The number of hydrogen-bond acceptors (Lipinski definition) is 3. The maximum Gasteiger partial charge on any atom is 0.236 e. The summed E-state index contributed by atoms with van der Waals surface area (Å²) >= 11 is 0. The van der Waals surface area contributed by atoms with Crippen molar-refractivity contribution in [3.63, 3.8) is 0 Å². The Kier molecular flexibility index (Phi) is 6.46. The van der Waals surface area contributed by atoms with Gasteiger partial charge in [0.05, 0.1) is 6.54 Å². The third-order valence-electron chi connectivity index (χ3n) is 6.88. The van der Waals surface area contributed by atoms with Gasteiger partial charge in [-0.1, -0.05) is 49.6 Å². The molecule has 4 rings (SSSR count). The van der Waals surface area contributed by atoms with E-state index in [9.17, 15) is 4.79 Å². The molecule has 148 valence electrons. The van der Waals surface area contributed by atoms with Gasteiger partial charge in [0, 0.05) is 38.8 Å². The van der Waals surface area contributed by atoms with Crippen LogP contribution in [0.1, 0.15) is 56.4 Å². The molecule has 3 aliphatic rings. The zero-order valence-electron chi connectivity index (χ0n) is 16.7. The van der Waals surface area contributed by atoms with Crippen LogP contribution in [0, 0.1) is 0 Å². The van der Waals surface area contributed by atoms with Gasteiger partial charge in [-0.2, -0.15) is 0 Å². The topological polar surface area (TPSA) is 26.8 Å². The van der Waals surface area contributed by atoms with Gasteiger partial charge in [-0.05, 0) is 43.7 Å². The van der Waals surface area contributed by atoms with Gasteiger partial charge in [0.15, 0.2) is 0 Å². The molecule has 2 saturated heterocycles. The molecule has 1 amide bonds. The molecule has 1 saturated carbocycles. The van der Waals surface area contributed by atoms with Gasteiger partial charge in [0.1, 0.15) is 0 Å². The lowest BCUT2D eigenvalue weighted by Gasteiger charge is -2.33.